The molecule has 0 bridgehead atoms. The lowest BCUT2D eigenvalue weighted by Crippen LogP contribution is -2.61. The van der Waals surface area contributed by atoms with Crippen molar-refractivity contribution in [3.8, 4) is 0 Å². The van der Waals surface area contributed by atoms with E-state index < -0.39 is 23.6 Å². The van der Waals surface area contributed by atoms with Crippen molar-refractivity contribution in [3.05, 3.63) is 93.9 Å². The zero-order chi connectivity index (χ0) is 27.2. The van der Waals surface area contributed by atoms with Crippen molar-refractivity contribution >= 4 is 11.0 Å². The predicted molar refractivity (Wildman–Crippen MR) is 136 cm³/mol. The Morgan fingerprint density at radius 3 is 2.42 bits per heavy atom. The summed E-state index contributed by atoms with van der Waals surface area (Å²) >= 11 is 0. The summed E-state index contributed by atoms with van der Waals surface area (Å²) in [5, 5.41) is 6.81. The van der Waals surface area contributed by atoms with Gasteiger partial charge in [-0.2, -0.15) is 23.1 Å². The van der Waals surface area contributed by atoms with Gasteiger partial charge in [0.1, 0.15) is 11.3 Å². The lowest BCUT2D eigenvalue weighted by atomic mass is 9.95. The van der Waals surface area contributed by atoms with Gasteiger partial charge in [-0.1, -0.05) is 19.1 Å². The minimum Gasteiger partial charge on any atom is -0.308 e. The van der Waals surface area contributed by atoms with Crippen molar-refractivity contribution in [3.63, 3.8) is 0 Å². The highest BCUT2D eigenvalue weighted by molar-refractivity contribution is 5.73. The number of hydrogen-bond donors (Lipinski definition) is 0. The number of piperazine rings is 1. The van der Waals surface area contributed by atoms with Crippen LogP contribution in [0.3, 0.4) is 0 Å². The average molecular weight is 529 g/mol. The minimum absolute atomic E-state index is 0.0125. The molecule has 7 nitrogen and oxygen atoms in total. The lowest BCUT2D eigenvalue weighted by Gasteiger charge is -2.48. The average Bonchev–Trinajstić information content (AvgIpc) is 3.32. The highest BCUT2D eigenvalue weighted by Crippen LogP contribution is 2.35. The second-order valence-corrected chi connectivity index (χ2v) is 9.70. The maximum Gasteiger partial charge on any atom is 0.417 e. The third-order valence-corrected chi connectivity index (χ3v) is 7.28. The van der Waals surface area contributed by atoms with E-state index in [1.54, 1.807) is 34.6 Å². The number of halogens is 4. The summed E-state index contributed by atoms with van der Waals surface area (Å²) < 4.78 is 55.0. The van der Waals surface area contributed by atoms with Crippen molar-refractivity contribution < 1.29 is 17.6 Å². The third-order valence-electron chi connectivity index (χ3n) is 7.28. The first-order valence-electron chi connectivity index (χ1n) is 12.4. The number of hydrogen-bond acceptors (Lipinski definition) is 5. The van der Waals surface area contributed by atoms with Crippen LogP contribution >= 0.6 is 0 Å². The monoisotopic (exact) mass is 528 g/mol. The molecular weight excluding hydrogens is 500 g/mol. The van der Waals surface area contributed by atoms with Gasteiger partial charge in [0.25, 0.3) is 5.56 Å². The van der Waals surface area contributed by atoms with Gasteiger partial charge in [0.15, 0.2) is 0 Å². The maximum atomic E-state index is 13.8. The van der Waals surface area contributed by atoms with Gasteiger partial charge in [-0.3, -0.25) is 19.7 Å². The summed E-state index contributed by atoms with van der Waals surface area (Å²) in [6.45, 7) is 5.24. The smallest absolute Gasteiger partial charge is 0.308 e. The molecule has 3 aromatic heterocycles. The van der Waals surface area contributed by atoms with Gasteiger partial charge in [0.2, 0.25) is 0 Å². The second-order valence-electron chi connectivity index (χ2n) is 9.70. The molecule has 0 saturated carbocycles. The number of aromatic nitrogens is 4. The Bertz CT molecular complexity index is 1480. The molecule has 0 radical (unpaired) electrons. The van der Waals surface area contributed by atoms with Gasteiger partial charge in [-0.05, 0) is 49.2 Å². The van der Waals surface area contributed by atoms with E-state index in [2.05, 4.69) is 26.9 Å². The molecule has 1 aliphatic heterocycles. The van der Waals surface area contributed by atoms with Gasteiger partial charge in [0.05, 0.1) is 41.6 Å². The van der Waals surface area contributed by atoms with Crippen LogP contribution in [0.15, 0.2) is 65.7 Å². The molecule has 0 spiro atoms. The molecule has 1 fully saturated rings. The van der Waals surface area contributed by atoms with Gasteiger partial charge in [0, 0.05) is 31.9 Å². The zero-order valence-electron chi connectivity index (χ0n) is 21.2. The predicted octanol–water partition coefficient (Wildman–Crippen LogP) is 4.50. The Morgan fingerprint density at radius 1 is 1.05 bits per heavy atom. The summed E-state index contributed by atoms with van der Waals surface area (Å²) in [6, 6.07) is 11.1. The molecular formula is C27H28F4N6O. The minimum atomic E-state index is -4.49. The molecule has 38 heavy (non-hydrogen) atoms. The summed E-state index contributed by atoms with van der Waals surface area (Å²) in [7, 11) is 1.71. The van der Waals surface area contributed by atoms with Crippen LogP contribution in [0.2, 0.25) is 0 Å². The van der Waals surface area contributed by atoms with Crippen LogP contribution in [0.1, 0.15) is 43.1 Å². The normalized spacial score (nSPS) is 19.7. The Labute approximate surface area is 216 Å². The first-order valence-corrected chi connectivity index (χ1v) is 12.4. The first-order chi connectivity index (χ1) is 18.1. The van der Waals surface area contributed by atoms with Crippen molar-refractivity contribution in [1.29, 1.82) is 0 Å². The third kappa shape index (κ3) is 4.78. The Balaban J connectivity index is 1.51. The van der Waals surface area contributed by atoms with Crippen LogP contribution in [0.4, 0.5) is 17.6 Å². The number of rotatable bonds is 5. The molecule has 0 amide bonds. The van der Waals surface area contributed by atoms with Crippen LogP contribution < -0.4 is 10.6 Å². The van der Waals surface area contributed by atoms with E-state index in [1.165, 1.54) is 24.3 Å². The second kappa shape index (κ2) is 9.86. The van der Waals surface area contributed by atoms with Crippen LogP contribution in [-0.4, -0.2) is 49.5 Å². The number of pyridine rings is 2. The Morgan fingerprint density at radius 2 is 1.79 bits per heavy atom. The van der Waals surface area contributed by atoms with Gasteiger partial charge < -0.3 is 4.57 Å². The van der Waals surface area contributed by atoms with E-state index in [0.717, 1.165) is 29.8 Å². The first kappa shape index (κ1) is 25.9. The summed E-state index contributed by atoms with van der Waals surface area (Å²) in [5.74, 6) is -0.391. The quantitative estimate of drug-likeness (QED) is 0.357. The molecule has 0 aliphatic carbocycles. The van der Waals surface area contributed by atoms with Crippen molar-refractivity contribution in [2.24, 2.45) is 7.05 Å². The fourth-order valence-electron chi connectivity index (χ4n) is 5.18. The van der Waals surface area contributed by atoms with E-state index in [9.17, 15) is 22.4 Å². The molecule has 5 rings (SSSR count). The summed E-state index contributed by atoms with van der Waals surface area (Å²) in [6.07, 6.45) is -1.04. The van der Waals surface area contributed by atoms with E-state index in [4.69, 9.17) is 0 Å². The molecule has 4 aromatic rings. The number of alkyl halides is 3. The largest absolute Gasteiger partial charge is 0.417 e. The number of fused-ring (bicyclic) bond motifs is 1. The highest BCUT2D eigenvalue weighted by atomic mass is 19.4. The number of benzene rings is 1. The molecule has 4 heterocycles. The van der Waals surface area contributed by atoms with Gasteiger partial charge in [-0.25, -0.2) is 4.39 Å². The van der Waals surface area contributed by atoms with Crippen molar-refractivity contribution in [2.75, 3.05) is 18.1 Å². The molecule has 200 valence electrons. The Hall–Kier alpha value is -3.73. The van der Waals surface area contributed by atoms with Gasteiger partial charge >= 0.3 is 6.18 Å². The summed E-state index contributed by atoms with van der Waals surface area (Å²) in [4.78, 5) is 20.3. The standard InChI is InChI=1S/C27H28F4N6O/c1-4-21-15-36(37-16-24-22(33-37)11-12-25(38)34(24)3)17(2)14-35(21)26(18-5-8-20(28)9-6-18)23-10-7-19(13-32-23)27(29,30)31/h5-13,16-17,21,26H,4,14-15H2,1-3H3/t17-,21+,26?/m0/s1. The molecule has 3 atom stereocenters. The number of nitrogens with zero attached hydrogens (tertiary/aromatic N) is 6. The van der Waals surface area contributed by atoms with E-state index >= 15 is 0 Å². The lowest BCUT2D eigenvalue weighted by molar-refractivity contribution is -0.137. The SMILES string of the molecule is CC[C@@H]1CN(n2cc3c(ccc(=O)n3C)n2)[C@@H](C)CN1C(c1ccc(F)cc1)c1ccc(C(F)(F)F)cn1. The molecule has 0 N–H and O–H groups in total. The van der Waals surface area contributed by atoms with Crippen LogP contribution in [0.25, 0.3) is 11.0 Å². The highest BCUT2D eigenvalue weighted by Gasteiger charge is 2.38. The maximum absolute atomic E-state index is 13.8. The van der Waals surface area contributed by atoms with Crippen molar-refractivity contribution in [1.82, 2.24) is 24.3 Å². The number of aryl methyl sites for hydroxylation is 1. The van der Waals surface area contributed by atoms with E-state index in [0.29, 0.717) is 24.3 Å². The summed E-state index contributed by atoms with van der Waals surface area (Å²) in [5.41, 5.74) is 1.70. The van der Waals surface area contributed by atoms with Crippen LogP contribution in [-0.2, 0) is 13.2 Å². The topological polar surface area (TPSA) is 59.2 Å². The van der Waals surface area contributed by atoms with Crippen molar-refractivity contribution in [2.45, 2.75) is 44.6 Å². The van der Waals surface area contributed by atoms with E-state index in [1.807, 2.05) is 13.1 Å². The molecule has 1 aromatic carbocycles. The Kier molecular flexibility index (Phi) is 6.72. The fourth-order valence-corrected chi connectivity index (χ4v) is 5.18. The molecule has 1 saturated heterocycles. The molecule has 1 aliphatic rings. The van der Waals surface area contributed by atoms with E-state index in [-0.39, 0.29) is 17.6 Å². The molecule has 1 unspecified atom stereocenters. The van der Waals surface area contributed by atoms with Crippen LogP contribution in [0.5, 0.6) is 0 Å². The van der Waals surface area contributed by atoms with Crippen LogP contribution in [0, 0.1) is 5.82 Å². The zero-order valence-corrected chi connectivity index (χ0v) is 21.2. The molecule has 11 heteroatoms. The van der Waals surface area contributed by atoms with Gasteiger partial charge in [-0.15, -0.1) is 0 Å². The fraction of sp³-hybridized carbons (Fsp3) is 0.370.